The Balaban J connectivity index is 0.00000180. The summed E-state index contributed by atoms with van der Waals surface area (Å²) >= 11 is 1.43. The van der Waals surface area contributed by atoms with Crippen molar-refractivity contribution in [1.29, 1.82) is 0 Å². The molecule has 2 atom stereocenters. The first kappa shape index (κ1) is 16.3. The summed E-state index contributed by atoms with van der Waals surface area (Å²) < 4.78 is 5.44. The fourth-order valence-corrected chi connectivity index (χ4v) is 2.67. The highest BCUT2D eigenvalue weighted by molar-refractivity contribution is 7.15. The molecule has 1 saturated heterocycles. The summed E-state index contributed by atoms with van der Waals surface area (Å²) in [5.41, 5.74) is 0. The highest BCUT2D eigenvalue weighted by atomic mass is 35.5. The number of hydrogen-bond donors (Lipinski definition) is 2. The Kier molecular flexibility index (Phi) is 6.64. The van der Waals surface area contributed by atoms with E-state index >= 15 is 0 Å². The molecular weight excluding hydrogens is 288 g/mol. The zero-order chi connectivity index (χ0) is 13.0. The normalized spacial score (nSPS) is 22.6. The summed E-state index contributed by atoms with van der Waals surface area (Å²) in [6, 6.07) is -0.322. The topological polar surface area (TPSA) is 76.1 Å². The first-order valence-electron chi connectivity index (χ1n) is 6.19. The molecule has 1 aromatic heterocycles. The lowest BCUT2D eigenvalue weighted by atomic mass is 10.1. The number of aromatic nitrogens is 2. The van der Waals surface area contributed by atoms with Crippen LogP contribution in [0, 0.1) is 0 Å². The molecule has 1 amide bonds. The van der Waals surface area contributed by atoms with E-state index in [1.165, 1.54) is 11.3 Å². The van der Waals surface area contributed by atoms with Crippen LogP contribution in [-0.4, -0.2) is 41.4 Å². The van der Waals surface area contributed by atoms with E-state index in [2.05, 4.69) is 27.8 Å². The van der Waals surface area contributed by atoms with Crippen LogP contribution in [0.1, 0.15) is 25.3 Å². The molecule has 1 aliphatic heterocycles. The zero-order valence-corrected chi connectivity index (χ0v) is 12.6. The van der Waals surface area contributed by atoms with Gasteiger partial charge in [0.25, 0.3) is 0 Å². The average molecular weight is 307 g/mol. The van der Waals surface area contributed by atoms with Crippen LogP contribution < -0.4 is 10.6 Å². The fraction of sp³-hybridized carbons (Fsp3) is 0.727. The predicted octanol–water partition coefficient (Wildman–Crippen LogP) is 1.23. The molecule has 2 rings (SSSR count). The summed E-state index contributed by atoms with van der Waals surface area (Å²) in [7, 11) is 0. The van der Waals surface area contributed by atoms with Crippen molar-refractivity contribution in [2.45, 2.75) is 38.8 Å². The van der Waals surface area contributed by atoms with Crippen molar-refractivity contribution in [3.8, 4) is 0 Å². The molecule has 0 aromatic carbocycles. The second-order valence-electron chi connectivity index (χ2n) is 4.25. The van der Waals surface area contributed by atoms with Crippen molar-refractivity contribution in [1.82, 2.24) is 15.5 Å². The number of rotatable bonds is 4. The minimum atomic E-state index is -0.322. The number of hydrogen-bond acceptors (Lipinski definition) is 6. The molecule has 2 N–H and O–H groups in total. The SMILES string of the molecule is CCCc1nnc(NC(=O)[C@H]2NCCO[C@@H]2C)s1.Cl. The van der Waals surface area contributed by atoms with Crippen LogP contribution in [0.4, 0.5) is 5.13 Å². The maximum absolute atomic E-state index is 12.0. The highest BCUT2D eigenvalue weighted by Crippen LogP contribution is 2.17. The van der Waals surface area contributed by atoms with Crippen molar-refractivity contribution >= 4 is 34.8 Å². The van der Waals surface area contributed by atoms with Gasteiger partial charge in [0.2, 0.25) is 11.0 Å². The van der Waals surface area contributed by atoms with E-state index in [4.69, 9.17) is 4.74 Å². The van der Waals surface area contributed by atoms with Gasteiger partial charge in [-0.2, -0.15) is 0 Å². The van der Waals surface area contributed by atoms with Crippen molar-refractivity contribution in [2.75, 3.05) is 18.5 Å². The van der Waals surface area contributed by atoms with Gasteiger partial charge in [-0.3, -0.25) is 10.1 Å². The molecule has 1 aliphatic rings. The summed E-state index contributed by atoms with van der Waals surface area (Å²) in [5.74, 6) is -0.110. The summed E-state index contributed by atoms with van der Waals surface area (Å²) in [6.07, 6.45) is 1.80. The number of ether oxygens (including phenoxy) is 1. The van der Waals surface area contributed by atoms with Gasteiger partial charge < -0.3 is 10.1 Å². The smallest absolute Gasteiger partial charge is 0.246 e. The highest BCUT2D eigenvalue weighted by Gasteiger charge is 2.28. The Hall–Kier alpha value is -0.760. The average Bonchev–Trinajstić information content (AvgIpc) is 2.77. The van der Waals surface area contributed by atoms with Gasteiger partial charge in [-0.25, -0.2) is 0 Å². The maximum atomic E-state index is 12.0. The Morgan fingerprint density at radius 2 is 2.37 bits per heavy atom. The fourth-order valence-electron chi connectivity index (χ4n) is 1.83. The molecule has 1 fully saturated rings. The molecule has 0 spiro atoms. The molecule has 19 heavy (non-hydrogen) atoms. The Morgan fingerprint density at radius 1 is 1.58 bits per heavy atom. The Morgan fingerprint density at radius 3 is 3.05 bits per heavy atom. The van der Waals surface area contributed by atoms with Crippen molar-refractivity contribution in [2.24, 2.45) is 0 Å². The van der Waals surface area contributed by atoms with Gasteiger partial charge in [-0.1, -0.05) is 18.3 Å². The third-order valence-corrected chi connectivity index (χ3v) is 3.66. The van der Waals surface area contributed by atoms with Crippen LogP contribution >= 0.6 is 23.7 Å². The third-order valence-electron chi connectivity index (χ3n) is 2.76. The van der Waals surface area contributed by atoms with E-state index in [9.17, 15) is 4.79 Å². The number of nitrogens with zero attached hydrogens (tertiary/aromatic N) is 2. The van der Waals surface area contributed by atoms with E-state index in [0.29, 0.717) is 18.3 Å². The molecule has 0 aliphatic carbocycles. The van der Waals surface area contributed by atoms with Gasteiger partial charge in [0.15, 0.2) is 0 Å². The van der Waals surface area contributed by atoms with Gasteiger partial charge in [0.1, 0.15) is 11.0 Å². The Labute approximate surface area is 122 Å². The predicted molar refractivity (Wildman–Crippen MR) is 77.0 cm³/mol. The van der Waals surface area contributed by atoms with Crippen LogP contribution in [0.5, 0.6) is 0 Å². The van der Waals surface area contributed by atoms with E-state index in [0.717, 1.165) is 17.8 Å². The number of anilines is 1. The zero-order valence-electron chi connectivity index (χ0n) is 11.0. The van der Waals surface area contributed by atoms with Gasteiger partial charge in [-0.15, -0.1) is 22.6 Å². The molecule has 0 saturated carbocycles. The number of nitrogens with one attached hydrogen (secondary N) is 2. The number of amides is 1. The molecule has 6 nitrogen and oxygen atoms in total. The van der Waals surface area contributed by atoms with Crippen LogP contribution in [0.25, 0.3) is 0 Å². The van der Waals surface area contributed by atoms with Crippen LogP contribution in [-0.2, 0) is 16.0 Å². The Bertz CT molecular complexity index is 415. The van der Waals surface area contributed by atoms with Crippen molar-refractivity contribution < 1.29 is 9.53 Å². The van der Waals surface area contributed by atoms with Crippen molar-refractivity contribution in [3.05, 3.63) is 5.01 Å². The van der Waals surface area contributed by atoms with Crippen LogP contribution in [0.15, 0.2) is 0 Å². The second kappa shape index (κ2) is 7.74. The quantitative estimate of drug-likeness (QED) is 0.875. The lowest BCUT2D eigenvalue weighted by Gasteiger charge is -2.28. The number of aryl methyl sites for hydroxylation is 1. The lowest BCUT2D eigenvalue weighted by molar-refractivity contribution is -0.123. The standard InChI is InChI=1S/C11H18N4O2S.ClH/c1-3-4-8-14-15-11(18-8)13-10(16)9-7(2)17-6-5-12-9;/h7,9,12H,3-6H2,1-2H3,(H,13,15,16);1H/t7-,9+;/m1./s1. The molecule has 0 unspecified atom stereocenters. The molecule has 108 valence electrons. The largest absolute Gasteiger partial charge is 0.375 e. The van der Waals surface area contributed by atoms with Crippen LogP contribution in [0.3, 0.4) is 0 Å². The van der Waals surface area contributed by atoms with Crippen molar-refractivity contribution in [3.63, 3.8) is 0 Å². The summed E-state index contributed by atoms with van der Waals surface area (Å²) in [5, 5.41) is 15.4. The van der Waals surface area contributed by atoms with E-state index in [1.54, 1.807) is 0 Å². The van der Waals surface area contributed by atoms with Gasteiger partial charge in [0.05, 0.1) is 12.7 Å². The van der Waals surface area contributed by atoms with Gasteiger partial charge >= 0.3 is 0 Å². The number of carbonyl (C=O) groups excluding carboxylic acids is 1. The number of carbonyl (C=O) groups is 1. The van der Waals surface area contributed by atoms with Gasteiger partial charge in [-0.05, 0) is 13.3 Å². The summed E-state index contributed by atoms with van der Waals surface area (Å²) in [6.45, 7) is 5.31. The minimum absolute atomic E-state index is 0. The van der Waals surface area contributed by atoms with Crippen LogP contribution in [0.2, 0.25) is 0 Å². The van der Waals surface area contributed by atoms with E-state index in [1.807, 2.05) is 6.92 Å². The second-order valence-corrected chi connectivity index (χ2v) is 5.31. The summed E-state index contributed by atoms with van der Waals surface area (Å²) in [4.78, 5) is 12.0. The molecular formula is C11H19ClN4O2S. The lowest BCUT2D eigenvalue weighted by Crippen LogP contribution is -2.53. The number of morpholine rings is 1. The van der Waals surface area contributed by atoms with E-state index < -0.39 is 0 Å². The first-order chi connectivity index (χ1) is 8.70. The first-order valence-corrected chi connectivity index (χ1v) is 7.00. The minimum Gasteiger partial charge on any atom is -0.375 e. The molecule has 2 heterocycles. The number of halogens is 1. The molecule has 8 heteroatoms. The molecule has 0 bridgehead atoms. The van der Waals surface area contributed by atoms with Gasteiger partial charge in [0, 0.05) is 13.0 Å². The molecule has 1 aromatic rings. The molecule has 0 radical (unpaired) electrons. The van der Waals surface area contributed by atoms with E-state index in [-0.39, 0.29) is 30.5 Å². The third kappa shape index (κ3) is 4.38. The maximum Gasteiger partial charge on any atom is 0.246 e. The monoisotopic (exact) mass is 306 g/mol.